The molecule has 1 atom stereocenters. The van der Waals surface area contributed by atoms with Crippen molar-refractivity contribution in [3.05, 3.63) is 47.5 Å². The lowest BCUT2D eigenvalue weighted by Crippen LogP contribution is -2.48. The molecule has 1 aliphatic heterocycles. The van der Waals surface area contributed by atoms with Gasteiger partial charge in [-0.1, -0.05) is 19.1 Å². The van der Waals surface area contributed by atoms with Gasteiger partial charge in [-0.2, -0.15) is 0 Å². The highest BCUT2D eigenvalue weighted by Gasteiger charge is 2.35. The molecule has 2 heterocycles. The van der Waals surface area contributed by atoms with Gasteiger partial charge in [0.05, 0.1) is 24.3 Å². The lowest BCUT2D eigenvalue weighted by atomic mass is 10.0. The summed E-state index contributed by atoms with van der Waals surface area (Å²) in [6.07, 6.45) is 2.47. The predicted molar refractivity (Wildman–Crippen MR) is 97.9 cm³/mol. The third-order valence-corrected chi connectivity index (χ3v) is 4.69. The van der Waals surface area contributed by atoms with Crippen molar-refractivity contribution in [3.63, 3.8) is 0 Å². The zero-order valence-electron chi connectivity index (χ0n) is 15.1. The molecule has 1 aliphatic rings. The molecule has 3 rings (SSSR count). The fourth-order valence-electron chi connectivity index (χ4n) is 3.18. The van der Waals surface area contributed by atoms with E-state index in [0.717, 1.165) is 17.7 Å². The largest absolute Gasteiger partial charge is 0.480 e. The van der Waals surface area contributed by atoms with Gasteiger partial charge in [0.1, 0.15) is 6.04 Å². The van der Waals surface area contributed by atoms with E-state index in [1.54, 1.807) is 6.07 Å². The van der Waals surface area contributed by atoms with Crippen LogP contribution in [0.4, 0.5) is 5.69 Å². The maximum absolute atomic E-state index is 12.6. The molecule has 142 valence electrons. The summed E-state index contributed by atoms with van der Waals surface area (Å²) in [4.78, 5) is 44.6. The van der Waals surface area contributed by atoms with E-state index in [9.17, 15) is 19.5 Å². The van der Waals surface area contributed by atoms with Crippen LogP contribution in [-0.4, -0.2) is 43.8 Å². The second-order valence-corrected chi connectivity index (χ2v) is 6.51. The number of H-pyrrole nitrogens is 1. The molecule has 0 radical (unpaired) electrons. The summed E-state index contributed by atoms with van der Waals surface area (Å²) in [5.41, 5.74) is 3.20. The van der Waals surface area contributed by atoms with Gasteiger partial charge in [-0.3, -0.25) is 9.59 Å². The number of nitrogens with one attached hydrogen (secondary N) is 2. The molecule has 2 amide bonds. The maximum Gasteiger partial charge on any atom is 0.326 e. The number of aromatic nitrogens is 2. The number of aromatic amines is 1. The number of carboxylic acid groups (broad SMARTS) is 1. The summed E-state index contributed by atoms with van der Waals surface area (Å²) >= 11 is 0. The van der Waals surface area contributed by atoms with Gasteiger partial charge in [-0.05, 0) is 24.1 Å². The SMILES string of the molecule is CCc1cccc(NC(=O)CCC(=O)N2Cc3[nH]cnc3CC2C(=O)O)c1. The Morgan fingerprint density at radius 2 is 2.15 bits per heavy atom. The Kier molecular flexibility index (Phi) is 5.54. The Hall–Kier alpha value is -3.16. The van der Waals surface area contributed by atoms with E-state index in [4.69, 9.17) is 0 Å². The highest BCUT2D eigenvalue weighted by atomic mass is 16.4. The minimum atomic E-state index is -1.07. The normalized spacial score (nSPS) is 15.9. The van der Waals surface area contributed by atoms with Crippen LogP contribution in [0, 0.1) is 0 Å². The highest BCUT2D eigenvalue weighted by molar-refractivity contribution is 5.94. The van der Waals surface area contributed by atoms with Gasteiger partial charge in [-0.25, -0.2) is 9.78 Å². The molecule has 0 aliphatic carbocycles. The van der Waals surface area contributed by atoms with Gasteiger partial charge in [0.2, 0.25) is 11.8 Å². The van der Waals surface area contributed by atoms with Crippen LogP contribution < -0.4 is 5.32 Å². The molecule has 0 fully saturated rings. The molecule has 0 bridgehead atoms. The number of fused-ring (bicyclic) bond motifs is 1. The van der Waals surface area contributed by atoms with Crippen LogP contribution in [0.15, 0.2) is 30.6 Å². The van der Waals surface area contributed by atoms with E-state index in [1.165, 1.54) is 11.2 Å². The zero-order valence-corrected chi connectivity index (χ0v) is 15.1. The van der Waals surface area contributed by atoms with Crippen LogP contribution in [0.25, 0.3) is 0 Å². The molecule has 27 heavy (non-hydrogen) atoms. The molecular formula is C19H22N4O4. The van der Waals surface area contributed by atoms with E-state index in [0.29, 0.717) is 11.4 Å². The van der Waals surface area contributed by atoms with Crippen molar-refractivity contribution < 1.29 is 19.5 Å². The quantitative estimate of drug-likeness (QED) is 0.716. The number of nitrogens with zero attached hydrogens (tertiary/aromatic N) is 2. The second kappa shape index (κ2) is 8.03. The Morgan fingerprint density at radius 3 is 2.89 bits per heavy atom. The molecule has 1 unspecified atom stereocenters. The Balaban J connectivity index is 1.59. The van der Waals surface area contributed by atoms with E-state index < -0.39 is 12.0 Å². The third-order valence-electron chi connectivity index (χ3n) is 4.69. The standard InChI is InChI=1S/C19H22N4O4/c1-2-12-4-3-5-13(8-12)22-17(24)6-7-18(25)23-10-15-14(20-11-21-15)9-16(23)19(26)27/h3-5,8,11,16H,2,6-7,9-10H2,1H3,(H,20,21)(H,22,24)(H,26,27). The minimum Gasteiger partial charge on any atom is -0.480 e. The van der Waals surface area contributed by atoms with Crippen molar-refractivity contribution >= 4 is 23.5 Å². The Labute approximate surface area is 156 Å². The number of aryl methyl sites for hydroxylation is 1. The number of aliphatic carboxylic acids is 1. The summed E-state index contributed by atoms with van der Waals surface area (Å²) in [5, 5.41) is 12.2. The monoisotopic (exact) mass is 370 g/mol. The average Bonchev–Trinajstić information content (AvgIpc) is 3.12. The van der Waals surface area contributed by atoms with E-state index >= 15 is 0 Å². The average molecular weight is 370 g/mol. The molecule has 0 saturated carbocycles. The van der Waals surface area contributed by atoms with Crippen LogP contribution >= 0.6 is 0 Å². The van der Waals surface area contributed by atoms with E-state index in [1.807, 2.05) is 25.1 Å². The van der Waals surface area contributed by atoms with Crippen LogP contribution in [0.1, 0.15) is 36.7 Å². The number of hydrogen-bond acceptors (Lipinski definition) is 4. The van der Waals surface area contributed by atoms with Crippen LogP contribution in [0.5, 0.6) is 0 Å². The van der Waals surface area contributed by atoms with Gasteiger partial charge < -0.3 is 20.3 Å². The summed E-state index contributed by atoms with van der Waals surface area (Å²) in [7, 11) is 0. The van der Waals surface area contributed by atoms with E-state index in [-0.39, 0.29) is 37.6 Å². The number of carbonyl (C=O) groups excluding carboxylic acids is 2. The topological polar surface area (TPSA) is 115 Å². The number of carboxylic acids is 1. The molecule has 1 aromatic carbocycles. The summed E-state index contributed by atoms with van der Waals surface area (Å²) in [6.45, 7) is 2.19. The van der Waals surface area contributed by atoms with Gasteiger partial charge >= 0.3 is 5.97 Å². The van der Waals surface area contributed by atoms with Gasteiger partial charge in [0, 0.05) is 24.9 Å². The summed E-state index contributed by atoms with van der Waals surface area (Å²) in [6, 6.07) is 6.57. The second-order valence-electron chi connectivity index (χ2n) is 6.51. The number of carbonyl (C=O) groups is 3. The number of amides is 2. The molecule has 8 nitrogen and oxygen atoms in total. The van der Waals surface area contributed by atoms with Gasteiger partial charge in [0.15, 0.2) is 0 Å². The Bertz CT molecular complexity index is 861. The molecule has 0 spiro atoms. The first-order chi connectivity index (χ1) is 13.0. The van der Waals surface area contributed by atoms with Crippen LogP contribution in [0.3, 0.4) is 0 Å². The first-order valence-corrected chi connectivity index (χ1v) is 8.90. The molecule has 2 aromatic rings. The van der Waals surface area contributed by atoms with Crippen molar-refractivity contribution in [2.45, 2.75) is 45.2 Å². The van der Waals surface area contributed by atoms with Crippen LogP contribution in [-0.2, 0) is 33.8 Å². The van der Waals surface area contributed by atoms with E-state index in [2.05, 4.69) is 15.3 Å². The highest BCUT2D eigenvalue weighted by Crippen LogP contribution is 2.22. The summed E-state index contributed by atoms with van der Waals surface area (Å²) in [5.74, 6) is -1.71. The fraction of sp³-hybridized carbons (Fsp3) is 0.368. The zero-order chi connectivity index (χ0) is 19.4. The number of anilines is 1. The number of imidazole rings is 1. The Morgan fingerprint density at radius 1 is 1.33 bits per heavy atom. The summed E-state index contributed by atoms with van der Waals surface area (Å²) < 4.78 is 0. The number of hydrogen-bond donors (Lipinski definition) is 3. The smallest absolute Gasteiger partial charge is 0.326 e. The van der Waals surface area contributed by atoms with Crippen molar-refractivity contribution in [2.24, 2.45) is 0 Å². The third kappa shape index (κ3) is 4.33. The minimum absolute atomic E-state index is 0.00609. The molecular weight excluding hydrogens is 348 g/mol. The fourth-order valence-corrected chi connectivity index (χ4v) is 3.18. The van der Waals surface area contributed by atoms with Gasteiger partial charge in [-0.15, -0.1) is 0 Å². The van der Waals surface area contributed by atoms with Crippen molar-refractivity contribution in [2.75, 3.05) is 5.32 Å². The molecule has 3 N–H and O–H groups in total. The van der Waals surface area contributed by atoms with Gasteiger partial charge in [0.25, 0.3) is 0 Å². The molecule has 1 aromatic heterocycles. The first kappa shape index (κ1) is 18.6. The first-order valence-electron chi connectivity index (χ1n) is 8.90. The number of benzene rings is 1. The lowest BCUT2D eigenvalue weighted by Gasteiger charge is -2.32. The number of rotatable bonds is 6. The molecule has 8 heteroatoms. The molecule has 0 saturated heterocycles. The lowest BCUT2D eigenvalue weighted by molar-refractivity contribution is -0.151. The van der Waals surface area contributed by atoms with Crippen molar-refractivity contribution in [3.8, 4) is 0 Å². The van der Waals surface area contributed by atoms with Crippen molar-refractivity contribution in [1.82, 2.24) is 14.9 Å². The predicted octanol–water partition coefficient (Wildman–Crippen LogP) is 1.73. The van der Waals surface area contributed by atoms with Crippen molar-refractivity contribution in [1.29, 1.82) is 0 Å². The van der Waals surface area contributed by atoms with Crippen LogP contribution in [0.2, 0.25) is 0 Å². The maximum atomic E-state index is 12.6.